The van der Waals surface area contributed by atoms with Gasteiger partial charge >= 0.3 is 12.1 Å². The molecule has 46 heavy (non-hydrogen) atoms. The van der Waals surface area contributed by atoms with Gasteiger partial charge in [-0.2, -0.15) is 0 Å². The van der Waals surface area contributed by atoms with Crippen molar-refractivity contribution in [3.05, 3.63) is 70.3 Å². The lowest BCUT2D eigenvalue weighted by atomic mass is 10.0. The Labute approximate surface area is 273 Å². The molecule has 0 saturated carbocycles. The summed E-state index contributed by atoms with van der Waals surface area (Å²) < 4.78 is 19.7. The number of unbranched alkanes of at least 4 members (excludes halogenated alkanes) is 1. The standard InChI is InChI=1S/C35H42N4O6S/c1-35(2,3)45-34(42)38-22-26(23-38)33(41)44-24-39-30-21-27(11-9-25(30)10-12-32(39)40)43-19-5-4-14-36-15-17-37(18-16-36)29-7-6-8-31-28(29)13-20-46-31/h6-13,20-21,26H,4-5,14-19,22-24H2,1-3H3. The van der Waals surface area contributed by atoms with Gasteiger partial charge in [-0.3, -0.25) is 19.1 Å². The van der Waals surface area contributed by atoms with E-state index >= 15 is 0 Å². The van der Waals surface area contributed by atoms with Gasteiger partial charge in [0.2, 0.25) is 0 Å². The van der Waals surface area contributed by atoms with Gasteiger partial charge in [0.25, 0.3) is 5.56 Å². The van der Waals surface area contributed by atoms with Crippen LogP contribution in [0.25, 0.3) is 21.0 Å². The zero-order valence-corrected chi connectivity index (χ0v) is 27.6. The number of rotatable bonds is 10. The minimum atomic E-state index is -0.599. The number of carbonyl (C=O) groups excluding carboxylic acids is 2. The molecule has 0 radical (unpaired) electrons. The molecule has 10 nitrogen and oxygen atoms in total. The first kappa shape index (κ1) is 31.9. The Bertz CT molecular complexity index is 1750. The normalized spacial score (nSPS) is 16.1. The summed E-state index contributed by atoms with van der Waals surface area (Å²) in [6, 6.07) is 17.7. The smallest absolute Gasteiger partial charge is 0.410 e. The monoisotopic (exact) mass is 646 g/mol. The molecule has 0 aliphatic carbocycles. The van der Waals surface area contributed by atoms with Gasteiger partial charge in [0.15, 0.2) is 6.73 Å². The molecule has 11 heteroatoms. The number of nitrogens with zero attached hydrogens (tertiary/aromatic N) is 4. The van der Waals surface area contributed by atoms with Crippen molar-refractivity contribution in [2.45, 2.75) is 45.9 Å². The third kappa shape index (κ3) is 7.47. The van der Waals surface area contributed by atoms with Gasteiger partial charge in [-0.05, 0) is 87.3 Å². The molecule has 0 atom stereocenters. The summed E-state index contributed by atoms with van der Waals surface area (Å²) in [6.45, 7) is 11.4. The number of ether oxygens (including phenoxy) is 3. The van der Waals surface area contributed by atoms with Gasteiger partial charge in [-0.25, -0.2) is 4.79 Å². The molecule has 0 unspecified atom stereocenters. The summed E-state index contributed by atoms with van der Waals surface area (Å²) in [5, 5.41) is 4.37. The SMILES string of the molecule is CC(C)(C)OC(=O)N1CC(C(=O)OCn2c(=O)ccc3ccc(OCCCCN4CCN(c5cccc6sccc56)CC4)cc32)C1. The Kier molecular flexibility index (Phi) is 9.51. The summed E-state index contributed by atoms with van der Waals surface area (Å²) >= 11 is 1.80. The summed E-state index contributed by atoms with van der Waals surface area (Å²) in [5.74, 6) is -0.221. The first-order valence-corrected chi connectivity index (χ1v) is 16.9. The van der Waals surface area contributed by atoms with Crippen LogP contribution in [0.2, 0.25) is 0 Å². The van der Waals surface area contributed by atoms with Crippen LogP contribution in [0.3, 0.4) is 0 Å². The molecular weight excluding hydrogens is 604 g/mol. The van der Waals surface area contributed by atoms with Crippen LogP contribution >= 0.6 is 11.3 Å². The van der Waals surface area contributed by atoms with E-state index in [9.17, 15) is 14.4 Å². The van der Waals surface area contributed by atoms with Crippen molar-refractivity contribution < 1.29 is 23.8 Å². The minimum absolute atomic E-state index is 0.211. The van der Waals surface area contributed by atoms with E-state index in [1.807, 2.05) is 18.2 Å². The second-order valence-corrected chi connectivity index (χ2v) is 13.9. The fourth-order valence-corrected chi connectivity index (χ4v) is 6.74. The van der Waals surface area contributed by atoms with Crippen LogP contribution in [-0.2, 0) is 21.0 Å². The molecule has 2 fully saturated rings. The molecule has 4 aromatic rings. The lowest BCUT2D eigenvalue weighted by molar-refractivity contribution is -0.157. The second-order valence-electron chi connectivity index (χ2n) is 13.0. The van der Waals surface area contributed by atoms with Crippen molar-refractivity contribution in [3.63, 3.8) is 0 Å². The Hall–Kier alpha value is -4.09. The van der Waals surface area contributed by atoms with Gasteiger partial charge in [0.05, 0.1) is 18.0 Å². The number of likely N-dealkylation sites (tertiary alicyclic amines) is 1. The third-order valence-electron chi connectivity index (χ3n) is 8.49. The second kappa shape index (κ2) is 13.7. The highest BCUT2D eigenvalue weighted by molar-refractivity contribution is 7.17. The van der Waals surface area contributed by atoms with Crippen molar-refractivity contribution in [1.29, 1.82) is 0 Å². The maximum absolute atomic E-state index is 12.7. The van der Waals surface area contributed by atoms with E-state index in [2.05, 4.69) is 39.4 Å². The number of hydrogen-bond acceptors (Lipinski definition) is 9. The van der Waals surface area contributed by atoms with E-state index in [0.717, 1.165) is 51.0 Å². The molecule has 2 aromatic carbocycles. The maximum Gasteiger partial charge on any atom is 0.410 e. The Morgan fingerprint density at radius 3 is 2.52 bits per heavy atom. The maximum atomic E-state index is 12.7. The summed E-state index contributed by atoms with van der Waals surface area (Å²) in [7, 11) is 0. The quantitative estimate of drug-likeness (QED) is 0.163. The van der Waals surface area contributed by atoms with E-state index < -0.39 is 23.6 Å². The predicted octanol–water partition coefficient (Wildman–Crippen LogP) is 5.57. The lowest BCUT2D eigenvalue weighted by Gasteiger charge is -2.38. The minimum Gasteiger partial charge on any atom is -0.494 e. The first-order chi connectivity index (χ1) is 22.1. The third-order valence-corrected chi connectivity index (χ3v) is 9.37. The fourth-order valence-electron chi connectivity index (χ4n) is 5.93. The van der Waals surface area contributed by atoms with Crippen molar-refractivity contribution in [3.8, 4) is 5.75 Å². The molecular formula is C35H42N4O6S. The first-order valence-electron chi connectivity index (χ1n) is 16.0. The van der Waals surface area contributed by atoms with Crippen molar-refractivity contribution in [1.82, 2.24) is 14.4 Å². The molecule has 2 aromatic heterocycles. The highest BCUT2D eigenvalue weighted by Crippen LogP contribution is 2.31. The number of esters is 1. The van der Waals surface area contributed by atoms with E-state index in [1.165, 1.54) is 31.3 Å². The van der Waals surface area contributed by atoms with E-state index in [0.29, 0.717) is 17.9 Å². The van der Waals surface area contributed by atoms with Gasteiger partial charge in [0, 0.05) is 67.2 Å². The zero-order chi connectivity index (χ0) is 32.3. The van der Waals surface area contributed by atoms with Gasteiger partial charge in [-0.1, -0.05) is 6.07 Å². The summed E-state index contributed by atoms with van der Waals surface area (Å²) in [5.41, 5.74) is 1.11. The van der Waals surface area contributed by atoms with Crippen molar-refractivity contribution in [2.24, 2.45) is 5.92 Å². The van der Waals surface area contributed by atoms with Gasteiger partial charge < -0.3 is 24.0 Å². The largest absolute Gasteiger partial charge is 0.494 e. The molecule has 6 rings (SSSR count). The molecule has 2 aliphatic heterocycles. The molecule has 4 heterocycles. The zero-order valence-electron chi connectivity index (χ0n) is 26.8. The molecule has 244 valence electrons. The number of benzene rings is 2. The number of hydrogen-bond donors (Lipinski definition) is 0. The Morgan fingerprint density at radius 1 is 0.957 bits per heavy atom. The van der Waals surface area contributed by atoms with Crippen LogP contribution in [0.1, 0.15) is 33.6 Å². The average Bonchev–Trinajstić information content (AvgIpc) is 3.48. The van der Waals surface area contributed by atoms with Crippen LogP contribution in [-0.4, -0.2) is 84.5 Å². The van der Waals surface area contributed by atoms with Crippen molar-refractivity contribution in [2.75, 3.05) is 57.3 Å². The molecule has 1 amide bonds. The van der Waals surface area contributed by atoms with E-state index in [-0.39, 0.29) is 25.4 Å². The average molecular weight is 647 g/mol. The highest BCUT2D eigenvalue weighted by Gasteiger charge is 2.39. The van der Waals surface area contributed by atoms with E-state index in [4.69, 9.17) is 14.2 Å². The fraction of sp³-hybridized carbons (Fsp3) is 0.457. The number of thiophene rings is 1. The number of fused-ring (bicyclic) bond motifs is 2. The van der Waals surface area contributed by atoms with Crippen LogP contribution in [0.4, 0.5) is 10.5 Å². The number of anilines is 1. The van der Waals surface area contributed by atoms with Gasteiger partial charge in [0.1, 0.15) is 11.4 Å². The van der Waals surface area contributed by atoms with Crippen LogP contribution in [0.5, 0.6) is 5.75 Å². The van der Waals surface area contributed by atoms with E-state index in [1.54, 1.807) is 38.2 Å². The van der Waals surface area contributed by atoms with Crippen LogP contribution in [0.15, 0.2) is 64.8 Å². The number of carbonyl (C=O) groups is 2. The van der Waals surface area contributed by atoms with Gasteiger partial charge in [-0.15, -0.1) is 11.3 Å². The number of pyridine rings is 1. The Morgan fingerprint density at radius 2 is 1.74 bits per heavy atom. The molecule has 2 saturated heterocycles. The van der Waals surface area contributed by atoms with Crippen molar-refractivity contribution >= 4 is 50.1 Å². The van der Waals surface area contributed by atoms with Crippen LogP contribution < -0.4 is 15.2 Å². The topological polar surface area (TPSA) is 93.5 Å². The number of amides is 1. The highest BCUT2D eigenvalue weighted by atomic mass is 32.1. The molecule has 0 bridgehead atoms. The molecule has 0 spiro atoms. The number of aromatic nitrogens is 1. The Balaban J connectivity index is 0.946. The van der Waals surface area contributed by atoms with Crippen LogP contribution in [0, 0.1) is 5.92 Å². The summed E-state index contributed by atoms with van der Waals surface area (Å²) in [6.07, 6.45) is 1.52. The predicted molar refractivity (Wildman–Crippen MR) is 181 cm³/mol. The molecule has 0 N–H and O–H groups in total. The lowest BCUT2D eigenvalue weighted by Crippen LogP contribution is -2.54. The molecule has 2 aliphatic rings. The summed E-state index contributed by atoms with van der Waals surface area (Å²) in [4.78, 5) is 44.1. The number of piperazine rings is 1.